The van der Waals surface area contributed by atoms with Crippen LogP contribution < -0.4 is 5.56 Å². The minimum atomic E-state index is -4.72. The number of hydrogen-bond donors (Lipinski definition) is 0. The van der Waals surface area contributed by atoms with Crippen LogP contribution >= 0.6 is 0 Å². The summed E-state index contributed by atoms with van der Waals surface area (Å²) in [5, 5.41) is 3.92. The highest BCUT2D eigenvalue weighted by molar-refractivity contribution is 5.78. The van der Waals surface area contributed by atoms with Gasteiger partial charge in [-0.05, 0) is 30.3 Å². The SMILES string of the molecule is O=c1c2ncccc2ccn1-c1nc(-n2ccc(C(F)(F)F)n2)oc1-c1ccc(C(F)(F)F)cc1. The summed E-state index contributed by atoms with van der Waals surface area (Å²) >= 11 is 0. The molecule has 0 bridgehead atoms. The summed E-state index contributed by atoms with van der Waals surface area (Å²) in [4.78, 5) is 21.3. The lowest BCUT2D eigenvalue weighted by atomic mass is 10.1. The number of pyridine rings is 2. The van der Waals surface area contributed by atoms with Crippen LogP contribution in [-0.4, -0.2) is 24.3 Å². The average molecular weight is 491 g/mol. The molecule has 0 saturated carbocycles. The van der Waals surface area contributed by atoms with Crippen LogP contribution in [0.4, 0.5) is 26.3 Å². The number of halogens is 6. The standard InChI is InChI=1S/C22H11F6N5O2/c23-21(24,25)14-5-3-13(4-6-14)17-18(32-10-7-12-2-1-9-29-16(12)19(32)34)30-20(35-17)33-11-8-15(31-33)22(26,27)28/h1-11H. The molecule has 0 N–H and O–H groups in total. The van der Waals surface area contributed by atoms with Crippen molar-refractivity contribution in [3.8, 4) is 23.2 Å². The summed E-state index contributed by atoms with van der Waals surface area (Å²) in [5.41, 5.74) is -2.57. The van der Waals surface area contributed by atoms with Gasteiger partial charge in [-0.1, -0.05) is 18.2 Å². The third-order valence-corrected chi connectivity index (χ3v) is 5.04. The van der Waals surface area contributed by atoms with Gasteiger partial charge < -0.3 is 4.42 Å². The van der Waals surface area contributed by atoms with Crippen LogP contribution in [0.1, 0.15) is 11.3 Å². The lowest BCUT2D eigenvalue weighted by Gasteiger charge is -2.08. The molecule has 4 aromatic heterocycles. The summed E-state index contributed by atoms with van der Waals surface area (Å²) in [7, 11) is 0. The second-order valence-electron chi connectivity index (χ2n) is 7.30. The Labute approximate surface area is 190 Å². The van der Waals surface area contributed by atoms with E-state index < -0.39 is 35.2 Å². The number of oxazole rings is 1. The van der Waals surface area contributed by atoms with Crippen LogP contribution in [-0.2, 0) is 12.4 Å². The smallest absolute Gasteiger partial charge is 0.420 e. The van der Waals surface area contributed by atoms with Gasteiger partial charge in [0.05, 0.1) is 5.56 Å². The van der Waals surface area contributed by atoms with Gasteiger partial charge in [0.1, 0.15) is 5.52 Å². The molecular formula is C22H11F6N5O2. The van der Waals surface area contributed by atoms with Gasteiger partial charge in [0.2, 0.25) is 0 Å². The molecule has 0 aliphatic carbocycles. The van der Waals surface area contributed by atoms with E-state index in [1.54, 1.807) is 18.2 Å². The fraction of sp³-hybridized carbons (Fsp3) is 0.0909. The van der Waals surface area contributed by atoms with Gasteiger partial charge in [-0.3, -0.25) is 14.3 Å². The highest BCUT2D eigenvalue weighted by Gasteiger charge is 2.34. The second kappa shape index (κ2) is 7.82. The highest BCUT2D eigenvalue weighted by atomic mass is 19.4. The van der Waals surface area contributed by atoms with Gasteiger partial charge in [-0.2, -0.15) is 41.1 Å². The molecule has 13 heteroatoms. The monoisotopic (exact) mass is 491 g/mol. The van der Waals surface area contributed by atoms with E-state index in [0.717, 1.165) is 35.0 Å². The van der Waals surface area contributed by atoms with Crippen molar-refractivity contribution in [1.29, 1.82) is 0 Å². The van der Waals surface area contributed by atoms with Gasteiger partial charge in [-0.25, -0.2) is 0 Å². The van der Waals surface area contributed by atoms with Gasteiger partial charge in [-0.15, -0.1) is 0 Å². The number of benzene rings is 1. The first kappa shape index (κ1) is 22.4. The highest BCUT2D eigenvalue weighted by Crippen LogP contribution is 2.34. The lowest BCUT2D eigenvalue weighted by Crippen LogP contribution is -2.19. The molecular weight excluding hydrogens is 480 g/mol. The van der Waals surface area contributed by atoms with E-state index in [2.05, 4.69) is 15.1 Å². The van der Waals surface area contributed by atoms with E-state index in [9.17, 15) is 31.1 Å². The van der Waals surface area contributed by atoms with Crippen molar-refractivity contribution in [2.45, 2.75) is 12.4 Å². The molecule has 0 amide bonds. The third kappa shape index (κ3) is 4.05. The summed E-state index contributed by atoms with van der Waals surface area (Å²) < 4.78 is 85.4. The van der Waals surface area contributed by atoms with Crippen molar-refractivity contribution in [2.24, 2.45) is 0 Å². The summed E-state index contributed by atoms with van der Waals surface area (Å²) in [5.74, 6) is -0.323. The number of alkyl halides is 6. The molecule has 35 heavy (non-hydrogen) atoms. The molecule has 0 fully saturated rings. The Balaban J connectivity index is 1.70. The van der Waals surface area contributed by atoms with Crippen molar-refractivity contribution >= 4 is 10.9 Å². The van der Waals surface area contributed by atoms with Gasteiger partial charge in [0.15, 0.2) is 17.3 Å². The van der Waals surface area contributed by atoms with Crippen molar-refractivity contribution in [3.05, 3.63) is 88.7 Å². The van der Waals surface area contributed by atoms with Crippen molar-refractivity contribution < 1.29 is 30.8 Å². The Hall–Kier alpha value is -4.42. The van der Waals surface area contributed by atoms with Crippen LogP contribution in [0.15, 0.2) is 76.3 Å². The molecule has 0 radical (unpaired) electrons. The van der Waals surface area contributed by atoms with Crippen molar-refractivity contribution in [3.63, 3.8) is 0 Å². The first-order valence-electron chi connectivity index (χ1n) is 9.81. The van der Waals surface area contributed by atoms with Gasteiger partial charge in [0, 0.05) is 29.5 Å². The number of nitrogens with zero attached hydrogens (tertiary/aromatic N) is 5. The van der Waals surface area contributed by atoms with E-state index in [-0.39, 0.29) is 22.7 Å². The second-order valence-corrected chi connectivity index (χ2v) is 7.30. The summed E-state index contributed by atoms with van der Waals surface area (Å²) in [6, 6.07) is 8.93. The minimum absolute atomic E-state index is 0.0800. The zero-order valence-corrected chi connectivity index (χ0v) is 17.2. The molecule has 5 aromatic rings. The Bertz CT molecular complexity index is 1600. The van der Waals surface area contributed by atoms with Crippen molar-refractivity contribution in [1.82, 2.24) is 24.3 Å². The van der Waals surface area contributed by atoms with E-state index >= 15 is 0 Å². The molecule has 1 aromatic carbocycles. The quantitative estimate of drug-likeness (QED) is 0.322. The first-order valence-corrected chi connectivity index (χ1v) is 9.81. The number of rotatable bonds is 3. The molecule has 178 valence electrons. The Kier molecular flexibility index (Phi) is 5.00. The molecule has 0 saturated heterocycles. The fourth-order valence-electron chi connectivity index (χ4n) is 3.38. The van der Waals surface area contributed by atoms with E-state index in [1.807, 2.05) is 0 Å². The molecule has 0 aliphatic heterocycles. The van der Waals surface area contributed by atoms with Crippen LogP contribution in [0.25, 0.3) is 34.1 Å². The topological polar surface area (TPSA) is 78.7 Å². The van der Waals surface area contributed by atoms with Crippen LogP contribution in [0, 0.1) is 0 Å². The average Bonchev–Trinajstić information content (AvgIpc) is 3.47. The number of fused-ring (bicyclic) bond motifs is 1. The zero-order valence-electron chi connectivity index (χ0n) is 17.2. The molecule has 5 rings (SSSR count). The molecule has 0 unspecified atom stereocenters. The minimum Gasteiger partial charge on any atom is -0.420 e. The Morgan fingerprint density at radius 3 is 2.26 bits per heavy atom. The zero-order chi connectivity index (χ0) is 25.0. The maximum absolute atomic E-state index is 13.1. The first-order chi connectivity index (χ1) is 16.5. The molecule has 0 spiro atoms. The largest absolute Gasteiger partial charge is 0.435 e. The van der Waals surface area contributed by atoms with Crippen LogP contribution in [0.3, 0.4) is 0 Å². The molecule has 7 nitrogen and oxygen atoms in total. The van der Waals surface area contributed by atoms with Crippen LogP contribution in [0.2, 0.25) is 0 Å². The van der Waals surface area contributed by atoms with E-state index in [1.165, 1.54) is 12.4 Å². The maximum atomic E-state index is 13.1. The third-order valence-electron chi connectivity index (χ3n) is 5.04. The van der Waals surface area contributed by atoms with Gasteiger partial charge in [0.25, 0.3) is 5.56 Å². The van der Waals surface area contributed by atoms with Crippen molar-refractivity contribution in [2.75, 3.05) is 0 Å². The number of hydrogen-bond acceptors (Lipinski definition) is 5. The molecule has 0 atom stereocenters. The summed E-state index contributed by atoms with van der Waals surface area (Å²) in [6.07, 6.45) is -5.59. The van der Waals surface area contributed by atoms with Gasteiger partial charge >= 0.3 is 18.4 Å². The van der Waals surface area contributed by atoms with E-state index in [4.69, 9.17) is 4.42 Å². The molecule has 0 aliphatic rings. The molecule has 4 heterocycles. The lowest BCUT2D eigenvalue weighted by molar-refractivity contribution is -0.141. The Morgan fingerprint density at radius 2 is 1.60 bits per heavy atom. The number of aromatic nitrogens is 5. The van der Waals surface area contributed by atoms with E-state index in [0.29, 0.717) is 16.1 Å². The predicted molar refractivity (Wildman–Crippen MR) is 110 cm³/mol. The Morgan fingerprint density at radius 1 is 0.857 bits per heavy atom. The maximum Gasteiger partial charge on any atom is 0.435 e. The fourth-order valence-corrected chi connectivity index (χ4v) is 3.38. The predicted octanol–water partition coefficient (Wildman–Crippen LogP) is 5.26. The van der Waals surface area contributed by atoms with Crippen LogP contribution in [0.5, 0.6) is 0 Å². The normalized spacial score (nSPS) is 12.4. The summed E-state index contributed by atoms with van der Waals surface area (Å²) in [6.45, 7) is 0.